The quantitative estimate of drug-likeness (QED) is 0.0345. The number of rotatable bonds is 40. The second-order valence-corrected chi connectivity index (χ2v) is 23.9. The minimum absolute atomic E-state index is 0.0861. The summed E-state index contributed by atoms with van der Waals surface area (Å²) < 4.78 is 11.4. The van der Waals surface area contributed by atoms with Crippen molar-refractivity contribution >= 4 is 23.5 Å². The lowest BCUT2D eigenvalue weighted by molar-refractivity contribution is -0.156. The first kappa shape index (κ1) is 69.3. The molecule has 0 N–H and O–H groups in total. The molecule has 0 radical (unpaired) electrons. The number of ketones is 2. The molecule has 6 nitrogen and oxygen atoms in total. The molecule has 78 heavy (non-hydrogen) atoms. The molecule has 0 saturated carbocycles. The number of hydrogen-bond donors (Lipinski definition) is 0. The standard InChI is InChI=1S/C72H110O6/c1-13-15-17-19-21-23-25-27-29-31-33-35-37-49-67(73)77-65-55-71(9,10)63(61(7)69(65)75)53-51-59(5)47-41-45-57(3)43-39-40-44-58(4)46-42-48-60(6)52-54-64-62(8)70(76)66(56-72(64,11)12)78-68(74)50-38-36-34-32-30-28-26-24-22-20-18-16-14-2/h39-48,51-55,66H,13-38,49-50,56H2,1-12H3/b40-39+,45-41+,46-42+,53-51+,54-52+,57-43+,58-44+,59-47+,60-48+. The van der Waals surface area contributed by atoms with Crippen molar-refractivity contribution in [2.75, 3.05) is 0 Å². The van der Waals surface area contributed by atoms with Crippen LogP contribution < -0.4 is 0 Å². The van der Waals surface area contributed by atoms with Crippen LogP contribution in [-0.4, -0.2) is 29.6 Å². The second-order valence-electron chi connectivity index (χ2n) is 23.9. The van der Waals surface area contributed by atoms with Crippen molar-refractivity contribution in [2.24, 2.45) is 10.8 Å². The van der Waals surface area contributed by atoms with Gasteiger partial charge in [-0.1, -0.05) is 303 Å². The average molecular weight is 1070 g/mol. The topological polar surface area (TPSA) is 86.7 Å². The van der Waals surface area contributed by atoms with E-state index in [1.165, 1.54) is 128 Å². The number of Topliss-reactive ketones (excluding diaryl/α,β-unsaturated/α-hetero) is 2. The van der Waals surface area contributed by atoms with Gasteiger partial charge in [0, 0.05) is 30.3 Å². The molecule has 2 rings (SSSR count). The Morgan fingerprint density at radius 3 is 1.27 bits per heavy atom. The van der Waals surface area contributed by atoms with Gasteiger partial charge in [-0.25, -0.2) is 0 Å². The largest absolute Gasteiger partial charge is 0.454 e. The molecule has 1 atom stereocenters. The van der Waals surface area contributed by atoms with E-state index in [1.807, 2.05) is 63.3 Å². The normalized spacial score (nSPS) is 17.8. The van der Waals surface area contributed by atoms with Crippen molar-refractivity contribution in [3.8, 4) is 0 Å². The van der Waals surface area contributed by atoms with Crippen LogP contribution in [0, 0.1) is 10.8 Å². The first-order valence-corrected chi connectivity index (χ1v) is 31.1. The zero-order valence-electron chi connectivity index (χ0n) is 51.7. The Labute approximate surface area is 477 Å². The summed E-state index contributed by atoms with van der Waals surface area (Å²) in [7, 11) is 0. The first-order chi connectivity index (χ1) is 37.3. The minimum Gasteiger partial charge on any atom is -0.454 e. The summed E-state index contributed by atoms with van der Waals surface area (Å²) in [5.74, 6) is -0.743. The summed E-state index contributed by atoms with van der Waals surface area (Å²) in [5.41, 5.74) is 6.73. The predicted molar refractivity (Wildman–Crippen MR) is 333 cm³/mol. The van der Waals surface area contributed by atoms with Gasteiger partial charge in [0.15, 0.2) is 17.6 Å². The fraction of sp³-hybridized carbons (Fsp3) is 0.611. The Kier molecular flexibility index (Phi) is 35.8. The molecule has 0 heterocycles. The van der Waals surface area contributed by atoms with Crippen molar-refractivity contribution in [2.45, 2.75) is 275 Å². The maximum absolute atomic E-state index is 13.4. The van der Waals surface area contributed by atoms with Crippen molar-refractivity contribution in [3.05, 3.63) is 141 Å². The number of esters is 2. The zero-order chi connectivity index (χ0) is 57.6. The van der Waals surface area contributed by atoms with Crippen molar-refractivity contribution in [1.29, 1.82) is 0 Å². The van der Waals surface area contributed by atoms with E-state index in [2.05, 4.69) is 105 Å². The lowest BCUT2D eigenvalue weighted by Gasteiger charge is -2.36. The Morgan fingerprint density at radius 1 is 0.487 bits per heavy atom. The molecular formula is C72H110O6. The molecule has 2 aliphatic carbocycles. The summed E-state index contributed by atoms with van der Waals surface area (Å²) in [4.78, 5) is 52.3. The maximum Gasteiger partial charge on any atom is 0.311 e. The molecule has 0 aliphatic heterocycles. The Hall–Kier alpha value is -4.84. The lowest BCUT2D eigenvalue weighted by Crippen LogP contribution is -2.39. The van der Waals surface area contributed by atoms with Gasteiger partial charge in [-0.05, 0) is 82.6 Å². The number of hydrogen-bond acceptors (Lipinski definition) is 6. The molecule has 0 fully saturated rings. The van der Waals surface area contributed by atoms with Gasteiger partial charge in [0.2, 0.25) is 5.78 Å². The number of allylic oxidation sites excluding steroid dienone is 22. The molecule has 0 aromatic carbocycles. The predicted octanol–water partition coefficient (Wildman–Crippen LogP) is 21.1. The number of ether oxygens (including phenoxy) is 2. The Morgan fingerprint density at radius 2 is 0.846 bits per heavy atom. The van der Waals surface area contributed by atoms with Crippen LogP contribution in [0.3, 0.4) is 0 Å². The van der Waals surface area contributed by atoms with Gasteiger partial charge in [-0.2, -0.15) is 0 Å². The van der Waals surface area contributed by atoms with Gasteiger partial charge >= 0.3 is 11.9 Å². The van der Waals surface area contributed by atoms with Crippen LogP contribution >= 0.6 is 0 Å². The molecule has 434 valence electrons. The first-order valence-electron chi connectivity index (χ1n) is 31.1. The van der Waals surface area contributed by atoms with Gasteiger partial charge in [-0.15, -0.1) is 0 Å². The van der Waals surface area contributed by atoms with Gasteiger partial charge in [0.05, 0.1) is 0 Å². The summed E-state index contributed by atoms with van der Waals surface area (Å²) in [6.07, 6.45) is 63.5. The average Bonchev–Trinajstić information content (AvgIpc) is 3.38. The van der Waals surface area contributed by atoms with Gasteiger partial charge in [0.25, 0.3) is 0 Å². The monoisotopic (exact) mass is 1070 g/mol. The Balaban J connectivity index is 1.79. The number of carbonyl (C=O) groups excluding carboxylic acids is 4. The third-order valence-electron chi connectivity index (χ3n) is 15.4. The minimum atomic E-state index is -0.720. The van der Waals surface area contributed by atoms with Crippen LogP contribution in [0.2, 0.25) is 0 Å². The van der Waals surface area contributed by atoms with E-state index >= 15 is 0 Å². The van der Waals surface area contributed by atoms with E-state index in [1.54, 1.807) is 6.08 Å². The maximum atomic E-state index is 13.4. The highest BCUT2D eigenvalue weighted by Crippen LogP contribution is 2.41. The van der Waals surface area contributed by atoms with E-state index in [0.717, 1.165) is 72.0 Å². The number of carbonyl (C=O) groups is 4. The third kappa shape index (κ3) is 29.9. The van der Waals surface area contributed by atoms with E-state index in [4.69, 9.17) is 9.47 Å². The second kappa shape index (κ2) is 40.4. The highest BCUT2D eigenvalue weighted by molar-refractivity contribution is 6.09. The van der Waals surface area contributed by atoms with E-state index in [9.17, 15) is 19.2 Å². The highest BCUT2D eigenvalue weighted by Gasteiger charge is 2.40. The molecule has 0 saturated heterocycles. The van der Waals surface area contributed by atoms with Crippen LogP contribution in [0.5, 0.6) is 0 Å². The van der Waals surface area contributed by atoms with Crippen LogP contribution in [-0.2, 0) is 28.7 Å². The molecule has 0 amide bonds. The SMILES string of the molecule is CCCCCCCCCCCCCCCC(=O)OC1=CC(C)(C)C(/C=C/C(C)=C/C=C/C(C)=C/C=C/C=C(C)/C=C/C=C(C)/C=C/C2=C(C)C(=O)C(OC(=O)CCCCCCCCCCCCCCC)CC2(C)C)=C(C)C1=O. The Bertz CT molecular complexity index is 2170. The smallest absolute Gasteiger partial charge is 0.311 e. The van der Waals surface area contributed by atoms with Crippen LogP contribution in [0.1, 0.15) is 269 Å². The molecule has 0 aromatic rings. The summed E-state index contributed by atoms with van der Waals surface area (Å²) >= 11 is 0. The highest BCUT2D eigenvalue weighted by atomic mass is 16.5. The van der Waals surface area contributed by atoms with Crippen molar-refractivity contribution in [3.63, 3.8) is 0 Å². The van der Waals surface area contributed by atoms with E-state index in [-0.39, 0.29) is 34.7 Å². The molecule has 0 bridgehead atoms. The van der Waals surface area contributed by atoms with Gasteiger partial charge in [-0.3, -0.25) is 19.2 Å². The molecule has 2 aliphatic rings. The summed E-state index contributed by atoms with van der Waals surface area (Å²) in [6, 6.07) is 0. The van der Waals surface area contributed by atoms with E-state index < -0.39 is 11.5 Å². The molecular weight excluding hydrogens is 961 g/mol. The third-order valence-corrected chi connectivity index (χ3v) is 15.4. The number of unbranched alkanes of at least 4 members (excludes halogenated alkanes) is 24. The van der Waals surface area contributed by atoms with Crippen LogP contribution in [0.15, 0.2) is 141 Å². The molecule has 0 spiro atoms. The summed E-state index contributed by atoms with van der Waals surface area (Å²) in [6.45, 7) is 24.8. The van der Waals surface area contributed by atoms with E-state index in [0.29, 0.717) is 30.4 Å². The van der Waals surface area contributed by atoms with Gasteiger partial charge < -0.3 is 9.47 Å². The molecule has 6 heteroatoms. The molecule has 0 aromatic heterocycles. The van der Waals surface area contributed by atoms with Crippen molar-refractivity contribution < 1.29 is 28.7 Å². The molecule has 1 unspecified atom stereocenters. The van der Waals surface area contributed by atoms with Gasteiger partial charge in [0.1, 0.15) is 0 Å². The fourth-order valence-electron chi connectivity index (χ4n) is 10.4. The zero-order valence-corrected chi connectivity index (χ0v) is 51.7. The lowest BCUT2D eigenvalue weighted by atomic mass is 9.71. The van der Waals surface area contributed by atoms with Crippen molar-refractivity contribution in [1.82, 2.24) is 0 Å². The van der Waals surface area contributed by atoms with Crippen LogP contribution in [0.25, 0.3) is 0 Å². The van der Waals surface area contributed by atoms with Crippen LogP contribution in [0.4, 0.5) is 0 Å². The summed E-state index contributed by atoms with van der Waals surface area (Å²) in [5, 5.41) is 0. The fourth-order valence-corrected chi connectivity index (χ4v) is 10.4.